The number of hydrogen-bond donors (Lipinski definition) is 1. The zero-order chi connectivity index (χ0) is 19.0. The zero-order valence-corrected chi connectivity index (χ0v) is 14.7. The molecule has 4 rings (SSSR count). The predicted molar refractivity (Wildman–Crippen MR) is 99.5 cm³/mol. The molecule has 27 heavy (non-hydrogen) atoms. The molecule has 1 aliphatic rings. The van der Waals surface area contributed by atoms with Gasteiger partial charge < -0.3 is 14.6 Å². The summed E-state index contributed by atoms with van der Waals surface area (Å²) in [6.45, 7) is 0.460. The lowest BCUT2D eigenvalue weighted by Gasteiger charge is -2.16. The van der Waals surface area contributed by atoms with Gasteiger partial charge in [0.1, 0.15) is 0 Å². The third-order valence-electron chi connectivity index (χ3n) is 4.22. The Morgan fingerprint density at radius 2 is 2.07 bits per heavy atom. The van der Waals surface area contributed by atoms with Gasteiger partial charge in [-0.25, -0.2) is 0 Å². The van der Waals surface area contributed by atoms with Gasteiger partial charge in [-0.05, 0) is 36.2 Å². The van der Waals surface area contributed by atoms with E-state index in [9.17, 15) is 19.7 Å². The van der Waals surface area contributed by atoms with Crippen LogP contribution in [-0.4, -0.2) is 23.3 Å². The summed E-state index contributed by atoms with van der Waals surface area (Å²) in [6, 6.07) is 11.0. The fourth-order valence-electron chi connectivity index (χ4n) is 2.93. The molecular weight excluding hydrogens is 370 g/mol. The number of anilines is 2. The highest BCUT2D eigenvalue weighted by Crippen LogP contribution is 2.34. The smallest absolute Gasteiger partial charge is 0.291 e. The number of rotatable bonds is 4. The van der Waals surface area contributed by atoms with Gasteiger partial charge in [-0.15, -0.1) is 11.3 Å². The Hall–Kier alpha value is -3.46. The molecular formula is C18H13N3O5S. The standard InChI is InChI=1S/C18H13N3O5S/c22-17(14-2-1-9-26-14)19-16-6-5-15(27-16)18(23)20-8-7-11-3-4-12(21(24)25)10-13(11)20/h1-6,9-10H,7-8H2,(H,19,22). The molecule has 1 N–H and O–H groups in total. The van der Waals surface area contributed by atoms with Gasteiger partial charge in [0.25, 0.3) is 17.5 Å². The number of thiophene rings is 1. The third-order valence-corrected chi connectivity index (χ3v) is 5.21. The maximum atomic E-state index is 12.9. The minimum absolute atomic E-state index is 0.0500. The van der Waals surface area contributed by atoms with Gasteiger partial charge in [0, 0.05) is 18.7 Å². The van der Waals surface area contributed by atoms with Crippen molar-refractivity contribution < 1.29 is 18.9 Å². The first-order valence-corrected chi connectivity index (χ1v) is 8.88. The van der Waals surface area contributed by atoms with E-state index in [0.717, 1.165) is 16.9 Å². The van der Waals surface area contributed by atoms with E-state index in [1.165, 1.54) is 23.3 Å². The summed E-state index contributed by atoms with van der Waals surface area (Å²) in [7, 11) is 0. The molecule has 3 heterocycles. The summed E-state index contributed by atoms with van der Waals surface area (Å²) in [4.78, 5) is 37.4. The lowest BCUT2D eigenvalue weighted by atomic mass is 10.1. The highest BCUT2D eigenvalue weighted by atomic mass is 32.1. The molecule has 1 aromatic carbocycles. The molecule has 0 aliphatic carbocycles. The number of hydrogen-bond acceptors (Lipinski definition) is 6. The molecule has 0 unspecified atom stereocenters. The van der Waals surface area contributed by atoms with E-state index in [2.05, 4.69) is 5.32 Å². The molecule has 0 atom stereocenters. The first kappa shape index (κ1) is 17.0. The van der Waals surface area contributed by atoms with Crippen LogP contribution in [0.4, 0.5) is 16.4 Å². The van der Waals surface area contributed by atoms with Gasteiger partial charge in [-0.1, -0.05) is 6.07 Å². The summed E-state index contributed by atoms with van der Waals surface area (Å²) in [6.07, 6.45) is 2.05. The number of carbonyl (C=O) groups is 2. The molecule has 0 bridgehead atoms. The summed E-state index contributed by atoms with van der Waals surface area (Å²) >= 11 is 1.14. The van der Waals surface area contributed by atoms with E-state index in [1.54, 1.807) is 30.3 Å². The second-order valence-corrected chi connectivity index (χ2v) is 6.96. The van der Waals surface area contributed by atoms with Crippen molar-refractivity contribution >= 4 is 39.5 Å². The lowest BCUT2D eigenvalue weighted by molar-refractivity contribution is -0.384. The molecule has 0 spiro atoms. The SMILES string of the molecule is O=C(Nc1ccc(C(=O)N2CCc3ccc([N+](=O)[O-])cc32)s1)c1ccco1. The number of fused-ring (bicyclic) bond motifs is 1. The van der Waals surface area contributed by atoms with Crippen LogP contribution in [0, 0.1) is 10.1 Å². The van der Waals surface area contributed by atoms with Crippen molar-refractivity contribution in [2.24, 2.45) is 0 Å². The number of benzene rings is 1. The van der Waals surface area contributed by atoms with E-state index < -0.39 is 10.8 Å². The van der Waals surface area contributed by atoms with Crippen molar-refractivity contribution in [2.45, 2.75) is 6.42 Å². The molecule has 0 saturated heterocycles. The monoisotopic (exact) mass is 383 g/mol. The van der Waals surface area contributed by atoms with Crippen molar-refractivity contribution in [1.82, 2.24) is 0 Å². The molecule has 2 aromatic heterocycles. The fourth-order valence-corrected chi connectivity index (χ4v) is 3.78. The third kappa shape index (κ3) is 3.20. The fraction of sp³-hybridized carbons (Fsp3) is 0.111. The van der Waals surface area contributed by atoms with Gasteiger partial charge in [-0.2, -0.15) is 0 Å². The number of furan rings is 1. The van der Waals surface area contributed by atoms with E-state index in [-0.39, 0.29) is 17.4 Å². The van der Waals surface area contributed by atoms with Crippen LogP contribution in [0.1, 0.15) is 25.8 Å². The molecule has 2 amide bonds. The maximum Gasteiger partial charge on any atom is 0.291 e. The number of nitro benzene ring substituents is 1. The topological polar surface area (TPSA) is 106 Å². The quantitative estimate of drug-likeness (QED) is 0.546. The minimum Gasteiger partial charge on any atom is -0.459 e. The largest absolute Gasteiger partial charge is 0.459 e. The number of amides is 2. The van der Waals surface area contributed by atoms with E-state index in [1.807, 2.05) is 0 Å². The van der Waals surface area contributed by atoms with Crippen molar-refractivity contribution in [3.63, 3.8) is 0 Å². The Bertz CT molecular complexity index is 1040. The van der Waals surface area contributed by atoms with Crippen LogP contribution in [-0.2, 0) is 6.42 Å². The Morgan fingerprint density at radius 1 is 1.22 bits per heavy atom. The Morgan fingerprint density at radius 3 is 2.81 bits per heavy atom. The molecule has 3 aromatic rings. The van der Waals surface area contributed by atoms with Crippen LogP contribution >= 0.6 is 11.3 Å². The second-order valence-electron chi connectivity index (χ2n) is 5.87. The molecule has 136 valence electrons. The van der Waals surface area contributed by atoms with Gasteiger partial charge in [-0.3, -0.25) is 19.7 Å². The van der Waals surface area contributed by atoms with Gasteiger partial charge >= 0.3 is 0 Å². The Balaban J connectivity index is 1.53. The molecule has 0 radical (unpaired) electrons. The molecule has 8 nitrogen and oxygen atoms in total. The van der Waals surface area contributed by atoms with Crippen LogP contribution in [0.25, 0.3) is 0 Å². The summed E-state index contributed by atoms with van der Waals surface area (Å²) in [5, 5.41) is 14.2. The van der Waals surface area contributed by atoms with Crippen molar-refractivity contribution in [2.75, 3.05) is 16.8 Å². The van der Waals surface area contributed by atoms with Crippen LogP contribution < -0.4 is 10.2 Å². The first-order chi connectivity index (χ1) is 13.0. The highest BCUT2D eigenvalue weighted by molar-refractivity contribution is 7.18. The number of nitro groups is 1. The van der Waals surface area contributed by atoms with E-state index in [0.29, 0.717) is 28.5 Å². The normalized spacial score (nSPS) is 12.7. The molecule has 1 aliphatic heterocycles. The van der Waals surface area contributed by atoms with Gasteiger partial charge in [0.15, 0.2) is 5.76 Å². The molecule has 0 fully saturated rings. The van der Waals surface area contributed by atoms with Crippen LogP contribution in [0.5, 0.6) is 0 Å². The number of nitrogens with one attached hydrogen (secondary N) is 1. The number of nitrogens with zero attached hydrogens (tertiary/aromatic N) is 2. The molecule has 0 saturated carbocycles. The second kappa shape index (κ2) is 6.69. The number of carbonyl (C=O) groups excluding carboxylic acids is 2. The summed E-state index contributed by atoms with van der Waals surface area (Å²) in [5.41, 5.74) is 1.41. The summed E-state index contributed by atoms with van der Waals surface area (Å²) in [5.74, 6) is -0.474. The minimum atomic E-state index is -0.478. The number of non-ortho nitro benzene ring substituents is 1. The first-order valence-electron chi connectivity index (χ1n) is 8.07. The van der Waals surface area contributed by atoms with Gasteiger partial charge in [0.05, 0.1) is 26.8 Å². The Kier molecular flexibility index (Phi) is 4.21. The lowest BCUT2D eigenvalue weighted by Crippen LogP contribution is -2.28. The van der Waals surface area contributed by atoms with Crippen LogP contribution in [0.3, 0.4) is 0 Å². The average Bonchev–Trinajstić information content (AvgIpc) is 3.40. The summed E-state index contributed by atoms with van der Waals surface area (Å²) < 4.78 is 5.03. The van der Waals surface area contributed by atoms with Gasteiger partial charge in [0.2, 0.25) is 0 Å². The predicted octanol–water partition coefficient (Wildman–Crippen LogP) is 3.70. The maximum absolute atomic E-state index is 12.9. The van der Waals surface area contributed by atoms with Crippen LogP contribution in [0.2, 0.25) is 0 Å². The van der Waals surface area contributed by atoms with Crippen molar-refractivity contribution in [3.05, 3.63) is 75.0 Å². The average molecular weight is 383 g/mol. The zero-order valence-electron chi connectivity index (χ0n) is 13.9. The Labute approximate surface area is 157 Å². The highest BCUT2D eigenvalue weighted by Gasteiger charge is 2.28. The van der Waals surface area contributed by atoms with E-state index >= 15 is 0 Å². The molecule has 9 heteroatoms. The van der Waals surface area contributed by atoms with Crippen molar-refractivity contribution in [1.29, 1.82) is 0 Å². The van der Waals surface area contributed by atoms with Crippen LogP contribution in [0.15, 0.2) is 53.1 Å². The van der Waals surface area contributed by atoms with Crippen molar-refractivity contribution in [3.8, 4) is 0 Å². The van der Waals surface area contributed by atoms with E-state index in [4.69, 9.17) is 4.42 Å².